The van der Waals surface area contributed by atoms with Gasteiger partial charge in [0, 0.05) is 31.7 Å². The summed E-state index contributed by atoms with van der Waals surface area (Å²) in [5.74, 6) is -7.93. The highest BCUT2D eigenvalue weighted by molar-refractivity contribution is 8.01. The molecule has 2 aliphatic rings. The van der Waals surface area contributed by atoms with Gasteiger partial charge in [-0.05, 0) is 56.5 Å². The number of thioether (sulfide) groups is 1. The number of ether oxygens (including phenoxy) is 2. The minimum absolute atomic E-state index is 0.0407. The number of carbonyl (C=O) groups is 8. The van der Waals surface area contributed by atoms with Crippen molar-refractivity contribution in [2.24, 2.45) is 0 Å². The standard InChI is InChI=1S/C40H43N5O13S/c1-21(46)57-27-17-11-15-25(32(27)58-22(2)47)34(51)41-18-8-9-19-44(36(53)24-14-10-16-26(48)31(24)50)20-28(49)42-29(23-12-6-5-7-13-23)35(52)43-30-37(54)45-33(39(55)56)40(3,4)59-38(30)45/h5-7,10-17,29-30,33,38,48,50H,8-9,18-20H2,1-4H3,(H,41,51)(H,42,49)(H,43,52)(H,55,56)/t29-,30-,33+,38?/m1/s1. The summed E-state index contributed by atoms with van der Waals surface area (Å²) in [4.78, 5) is 105. The molecule has 6 N–H and O–H groups in total. The fraction of sp³-hybridized carbons (Fsp3) is 0.350. The molecule has 312 valence electrons. The molecule has 2 saturated heterocycles. The number of aromatic hydroxyl groups is 2. The number of β-lactam (4-membered cyclic amide) rings is 1. The van der Waals surface area contributed by atoms with E-state index < -0.39 is 93.7 Å². The summed E-state index contributed by atoms with van der Waals surface area (Å²) in [5.41, 5.74) is -0.0452. The van der Waals surface area contributed by atoms with E-state index in [1.54, 1.807) is 44.2 Å². The third kappa shape index (κ3) is 9.92. The lowest BCUT2D eigenvalue weighted by Crippen LogP contribution is -2.71. The van der Waals surface area contributed by atoms with Crippen LogP contribution in [0.25, 0.3) is 0 Å². The van der Waals surface area contributed by atoms with Crippen LogP contribution in [0.4, 0.5) is 0 Å². The first kappa shape index (κ1) is 43.5. The van der Waals surface area contributed by atoms with E-state index in [0.717, 1.165) is 18.7 Å². The molecular formula is C40H43N5O13S. The number of esters is 2. The number of benzene rings is 3. The topological polar surface area (TPSA) is 258 Å². The minimum atomic E-state index is -1.35. The third-order valence-electron chi connectivity index (χ3n) is 9.40. The summed E-state index contributed by atoms with van der Waals surface area (Å²) < 4.78 is 9.40. The van der Waals surface area contributed by atoms with E-state index in [2.05, 4.69) is 16.0 Å². The lowest BCUT2D eigenvalue weighted by atomic mass is 9.95. The Hall–Kier alpha value is -6.63. The smallest absolute Gasteiger partial charge is 0.327 e. The summed E-state index contributed by atoms with van der Waals surface area (Å²) in [7, 11) is 0. The Balaban J connectivity index is 1.28. The van der Waals surface area contributed by atoms with Crippen LogP contribution in [0.3, 0.4) is 0 Å². The number of unbranched alkanes of at least 4 members (excludes halogenated alkanes) is 1. The summed E-state index contributed by atoms with van der Waals surface area (Å²) >= 11 is 1.24. The van der Waals surface area contributed by atoms with E-state index in [-0.39, 0.29) is 48.6 Å². The Kier molecular flexibility index (Phi) is 13.5. The predicted molar refractivity (Wildman–Crippen MR) is 209 cm³/mol. The Bertz CT molecular complexity index is 2160. The van der Waals surface area contributed by atoms with Crippen molar-refractivity contribution in [3.63, 3.8) is 0 Å². The molecule has 3 aromatic carbocycles. The van der Waals surface area contributed by atoms with Gasteiger partial charge in [-0.2, -0.15) is 0 Å². The third-order valence-corrected chi connectivity index (χ3v) is 11.0. The number of carbonyl (C=O) groups excluding carboxylic acids is 7. The largest absolute Gasteiger partial charge is 0.504 e. The molecule has 0 aromatic heterocycles. The molecular weight excluding hydrogens is 791 g/mol. The number of phenolic OH excluding ortho intramolecular Hbond substituents is 2. The second kappa shape index (κ2) is 18.3. The maximum absolute atomic E-state index is 13.8. The van der Waals surface area contributed by atoms with Gasteiger partial charge in [-0.1, -0.05) is 42.5 Å². The van der Waals surface area contributed by atoms with E-state index in [1.165, 1.54) is 53.1 Å². The molecule has 2 aliphatic heterocycles. The van der Waals surface area contributed by atoms with Gasteiger partial charge in [-0.25, -0.2) is 4.79 Å². The molecule has 2 fully saturated rings. The van der Waals surface area contributed by atoms with Crippen LogP contribution in [0.1, 0.15) is 72.9 Å². The van der Waals surface area contributed by atoms with Gasteiger partial charge in [0.2, 0.25) is 17.7 Å². The van der Waals surface area contributed by atoms with Crippen LogP contribution < -0.4 is 25.4 Å². The fourth-order valence-electron chi connectivity index (χ4n) is 6.74. The second-order valence-corrected chi connectivity index (χ2v) is 15.9. The number of hydrogen-bond acceptors (Lipinski definition) is 13. The van der Waals surface area contributed by atoms with Crippen LogP contribution in [-0.2, 0) is 28.8 Å². The van der Waals surface area contributed by atoms with Crippen LogP contribution in [0.5, 0.6) is 23.0 Å². The van der Waals surface area contributed by atoms with E-state index >= 15 is 0 Å². The molecule has 0 saturated carbocycles. The first-order valence-corrected chi connectivity index (χ1v) is 19.2. The number of carboxylic acids is 1. The van der Waals surface area contributed by atoms with Gasteiger partial charge in [0.25, 0.3) is 11.8 Å². The summed E-state index contributed by atoms with van der Waals surface area (Å²) in [5, 5.41) is 37.7. The zero-order valence-corrected chi connectivity index (χ0v) is 33.2. The number of phenols is 2. The number of hydrogen-bond donors (Lipinski definition) is 6. The van der Waals surface area contributed by atoms with E-state index in [9.17, 15) is 53.7 Å². The van der Waals surface area contributed by atoms with Gasteiger partial charge in [0.1, 0.15) is 23.5 Å². The highest BCUT2D eigenvalue weighted by atomic mass is 32.2. The highest BCUT2D eigenvalue weighted by Gasteiger charge is 2.64. The van der Waals surface area contributed by atoms with Crippen LogP contribution in [0, 0.1) is 0 Å². The number of aliphatic carboxylic acids is 1. The number of nitrogens with one attached hydrogen (secondary N) is 3. The van der Waals surface area contributed by atoms with E-state index in [4.69, 9.17) is 9.47 Å². The van der Waals surface area contributed by atoms with Crippen LogP contribution >= 0.6 is 11.8 Å². The fourth-order valence-corrected chi connectivity index (χ4v) is 8.36. The van der Waals surface area contributed by atoms with Crippen molar-refractivity contribution >= 4 is 59.2 Å². The molecule has 18 nitrogen and oxygen atoms in total. The SMILES string of the molecule is CC(=O)Oc1cccc(C(=O)NCCCCN(CC(=O)N[C@@H](C(=O)N[C@@H]2C(=O)N3C2SC(C)(C)[C@@H]3C(=O)O)c2ccccc2)C(=O)c2cccc(O)c2O)c1OC(C)=O. The second-order valence-electron chi connectivity index (χ2n) is 14.2. The molecule has 3 aromatic rings. The Labute approximate surface area is 342 Å². The first-order chi connectivity index (χ1) is 27.9. The average molecular weight is 834 g/mol. The first-order valence-electron chi connectivity index (χ1n) is 18.4. The maximum atomic E-state index is 13.8. The Morgan fingerprint density at radius 3 is 2.20 bits per heavy atom. The molecule has 4 atom stereocenters. The molecule has 0 radical (unpaired) electrons. The Morgan fingerprint density at radius 2 is 1.54 bits per heavy atom. The van der Waals surface area contributed by atoms with Crippen molar-refractivity contribution in [1.29, 1.82) is 0 Å². The maximum Gasteiger partial charge on any atom is 0.327 e. The van der Waals surface area contributed by atoms with Crippen LogP contribution in [0.15, 0.2) is 66.7 Å². The van der Waals surface area contributed by atoms with E-state index in [1.807, 2.05) is 0 Å². The minimum Gasteiger partial charge on any atom is -0.504 e. The number of fused-ring (bicyclic) bond motifs is 1. The molecule has 0 bridgehead atoms. The van der Waals surface area contributed by atoms with Crippen molar-refractivity contribution in [2.75, 3.05) is 19.6 Å². The number of carboxylic acid groups (broad SMARTS) is 1. The highest BCUT2D eigenvalue weighted by Crippen LogP contribution is 2.50. The predicted octanol–water partition coefficient (Wildman–Crippen LogP) is 2.09. The molecule has 5 amide bonds. The molecule has 1 unspecified atom stereocenters. The van der Waals surface area contributed by atoms with Gasteiger partial charge < -0.3 is 50.5 Å². The van der Waals surface area contributed by atoms with Gasteiger partial charge in [-0.15, -0.1) is 11.8 Å². The summed E-state index contributed by atoms with van der Waals surface area (Å²) in [6.45, 7) is 4.96. The summed E-state index contributed by atoms with van der Waals surface area (Å²) in [6, 6.07) is 12.5. The molecule has 19 heteroatoms. The number of amides is 5. The van der Waals surface area contributed by atoms with Crippen molar-refractivity contribution in [3.8, 4) is 23.0 Å². The van der Waals surface area contributed by atoms with Crippen molar-refractivity contribution in [1.82, 2.24) is 25.8 Å². The average Bonchev–Trinajstić information content (AvgIpc) is 3.44. The quantitative estimate of drug-likeness (QED) is 0.0397. The van der Waals surface area contributed by atoms with Crippen LogP contribution in [0.2, 0.25) is 0 Å². The monoisotopic (exact) mass is 833 g/mol. The van der Waals surface area contributed by atoms with Crippen molar-refractivity contribution < 1.29 is 63.1 Å². The molecule has 59 heavy (non-hydrogen) atoms. The number of para-hydroxylation sites is 2. The molecule has 5 rings (SSSR count). The van der Waals surface area contributed by atoms with Gasteiger partial charge >= 0.3 is 17.9 Å². The van der Waals surface area contributed by atoms with Gasteiger partial charge in [0.05, 0.1) is 17.7 Å². The molecule has 0 spiro atoms. The zero-order chi connectivity index (χ0) is 43.2. The number of nitrogens with zero attached hydrogens (tertiary/aromatic N) is 2. The van der Waals surface area contributed by atoms with Crippen molar-refractivity contribution in [3.05, 3.63) is 83.4 Å². The summed E-state index contributed by atoms with van der Waals surface area (Å²) in [6.07, 6.45) is 0.439. The van der Waals surface area contributed by atoms with E-state index in [0.29, 0.717) is 5.56 Å². The molecule has 2 heterocycles. The zero-order valence-electron chi connectivity index (χ0n) is 32.4. The number of rotatable bonds is 16. The van der Waals surface area contributed by atoms with Crippen LogP contribution in [-0.4, -0.2) is 114 Å². The van der Waals surface area contributed by atoms with Gasteiger partial charge in [-0.3, -0.25) is 33.6 Å². The van der Waals surface area contributed by atoms with Crippen molar-refractivity contribution in [2.45, 2.75) is 68.8 Å². The Morgan fingerprint density at radius 1 is 0.881 bits per heavy atom. The normalized spacial score (nSPS) is 18.0. The lowest BCUT2D eigenvalue weighted by molar-refractivity contribution is -0.161. The van der Waals surface area contributed by atoms with Gasteiger partial charge in [0.15, 0.2) is 23.0 Å². The lowest BCUT2D eigenvalue weighted by Gasteiger charge is -2.44. The molecule has 0 aliphatic carbocycles.